The maximum absolute atomic E-state index is 11.4. The first kappa shape index (κ1) is 13.7. The van der Waals surface area contributed by atoms with E-state index >= 15 is 0 Å². The van der Waals surface area contributed by atoms with E-state index in [1.54, 1.807) is 18.2 Å². The predicted octanol–water partition coefficient (Wildman–Crippen LogP) is 2.24. The molecule has 2 N–H and O–H groups in total. The summed E-state index contributed by atoms with van der Waals surface area (Å²) in [7, 11) is 0. The number of aliphatic hydroxyl groups excluding tert-OH is 1. The van der Waals surface area contributed by atoms with E-state index in [4.69, 9.17) is 11.6 Å². The Morgan fingerprint density at radius 3 is 2.71 bits per heavy atom. The SMILES string of the molecule is CC[C@@H](O)CNC(=O)/C=C/c1ccc(Cl)cc1. The smallest absolute Gasteiger partial charge is 0.244 e. The second-order valence-corrected chi connectivity index (χ2v) is 4.13. The Hall–Kier alpha value is -1.32. The van der Waals surface area contributed by atoms with Crippen LogP contribution in [0, 0.1) is 0 Å². The van der Waals surface area contributed by atoms with Gasteiger partial charge in [0, 0.05) is 17.6 Å². The summed E-state index contributed by atoms with van der Waals surface area (Å²) < 4.78 is 0. The van der Waals surface area contributed by atoms with Crippen LogP contribution in [0.4, 0.5) is 0 Å². The first-order chi connectivity index (χ1) is 8.11. The van der Waals surface area contributed by atoms with Crippen LogP contribution in [0.15, 0.2) is 30.3 Å². The second-order valence-electron chi connectivity index (χ2n) is 3.69. The molecule has 1 rings (SSSR count). The van der Waals surface area contributed by atoms with Crippen LogP contribution in [0.5, 0.6) is 0 Å². The van der Waals surface area contributed by atoms with Crippen LogP contribution in [0.2, 0.25) is 5.02 Å². The molecule has 0 aliphatic carbocycles. The summed E-state index contributed by atoms with van der Waals surface area (Å²) in [4.78, 5) is 11.4. The van der Waals surface area contributed by atoms with Crippen molar-refractivity contribution in [1.29, 1.82) is 0 Å². The predicted molar refractivity (Wildman–Crippen MR) is 69.8 cm³/mol. The van der Waals surface area contributed by atoms with E-state index in [2.05, 4.69) is 5.32 Å². The quantitative estimate of drug-likeness (QED) is 0.791. The van der Waals surface area contributed by atoms with Crippen LogP contribution in [0.1, 0.15) is 18.9 Å². The zero-order chi connectivity index (χ0) is 12.7. The Labute approximate surface area is 106 Å². The first-order valence-corrected chi connectivity index (χ1v) is 5.89. The van der Waals surface area contributed by atoms with E-state index in [1.807, 2.05) is 19.1 Å². The molecule has 0 fully saturated rings. The first-order valence-electron chi connectivity index (χ1n) is 5.51. The monoisotopic (exact) mass is 253 g/mol. The van der Waals surface area contributed by atoms with Gasteiger partial charge in [0.1, 0.15) is 0 Å². The van der Waals surface area contributed by atoms with Crippen molar-refractivity contribution in [1.82, 2.24) is 5.32 Å². The Kier molecular flexibility index (Phi) is 5.73. The van der Waals surface area contributed by atoms with Crippen molar-refractivity contribution in [2.75, 3.05) is 6.54 Å². The molecule has 92 valence electrons. The van der Waals surface area contributed by atoms with Gasteiger partial charge in [0.2, 0.25) is 5.91 Å². The van der Waals surface area contributed by atoms with Crippen LogP contribution >= 0.6 is 11.6 Å². The fourth-order valence-electron chi connectivity index (χ4n) is 1.17. The van der Waals surface area contributed by atoms with Gasteiger partial charge in [0.15, 0.2) is 0 Å². The highest BCUT2D eigenvalue weighted by atomic mass is 35.5. The maximum atomic E-state index is 11.4. The number of carbonyl (C=O) groups is 1. The lowest BCUT2D eigenvalue weighted by molar-refractivity contribution is -0.116. The lowest BCUT2D eigenvalue weighted by Gasteiger charge is -2.07. The molecule has 17 heavy (non-hydrogen) atoms. The molecule has 3 nitrogen and oxygen atoms in total. The minimum atomic E-state index is -0.483. The number of hydrogen-bond donors (Lipinski definition) is 2. The molecule has 0 aliphatic heterocycles. The minimum absolute atomic E-state index is 0.215. The van der Waals surface area contributed by atoms with Crippen molar-refractivity contribution in [3.05, 3.63) is 40.9 Å². The Bertz CT molecular complexity index is 387. The highest BCUT2D eigenvalue weighted by Crippen LogP contribution is 2.10. The van der Waals surface area contributed by atoms with Crippen LogP contribution in [-0.2, 0) is 4.79 Å². The van der Waals surface area contributed by atoms with Gasteiger partial charge in [-0.15, -0.1) is 0 Å². The third-order valence-electron chi connectivity index (χ3n) is 2.28. The van der Waals surface area contributed by atoms with Gasteiger partial charge in [-0.25, -0.2) is 0 Å². The highest BCUT2D eigenvalue weighted by Gasteiger charge is 2.01. The number of rotatable bonds is 5. The number of aliphatic hydroxyl groups is 1. The molecular formula is C13H16ClNO2. The van der Waals surface area contributed by atoms with Crippen LogP contribution in [-0.4, -0.2) is 23.7 Å². The zero-order valence-corrected chi connectivity index (χ0v) is 10.4. The van der Waals surface area contributed by atoms with Gasteiger partial charge in [-0.2, -0.15) is 0 Å². The summed E-state index contributed by atoms with van der Waals surface area (Å²) in [5, 5.41) is 12.5. The normalized spacial score (nSPS) is 12.6. The number of carbonyl (C=O) groups excluding carboxylic acids is 1. The molecule has 0 aliphatic rings. The number of halogens is 1. The van der Waals surface area contributed by atoms with Crippen molar-refractivity contribution in [2.45, 2.75) is 19.4 Å². The Balaban J connectivity index is 2.42. The standard InChI is InChI=1S/C13H16ClNO2/c1-2-12(16)9-15-13(17)8-5-10-3-6-11(14)7-4-10/h3-8,12,16H,2,9H2,1H3,(H,15,17)/b8-5+/t12-/m1/s1. The summed E-state index contributed by atoms with van der Waals surface area (Å²) in [5.41, 5.74) is 0.903. The molecule has 0 spiro atoms. The van der Waals surface area contributed by atoms with Crippen LogP contribution < -0.4 is 5.32 Å². The molecular weight excluding hydrogens is 238 g/mol. The van der Waals surface area contributed by atoms with E-state index in [9.17, 15) is 9.90 Å². The van der Waals surface area contributed by atoms with Gasteiger partial charge >= 0.3 is 0 Å². The summed E-state index contributed by atoms with van der Waals surface area (Å²) in [6.07, 6.45) is 3.28. The molecule has 0 heterocycles. The number of amides is 1. The number of hydrogen-bond acceptors (Lipinski definition) is 2. The molecule has 0 bridgehead atoms. The van der Waals surface area contributed by atoms with Crippen molar-refractivity contribution < 1.29 is 9.90 Å². The third kappa shape index (κ3) is 5.52. The maximum Gasteiger partial charge on any atom is 0.244 e. The second kappa shape index (κ2) is 7.09. The van der Waals surface area contributed by atoms with E-state index in [0.29, 0.717) is 11.4 Å². The van der Waals surface area contributed by atoms with E-state index in [1.165, 1.54) is 6.08 Å². The van der Waals surface area contributed by atoms with Gasteiger partial charge in [-0.1, -0.05) is 30.7 Å². The largest absolute Gasteiger partial charge is 0.391 e. The molecule has 0 aromatic heterocycles. The number of benzene rings is 1. The van der Waals surface area contributed by atoms with Crippen LogP contribution in [0.3, 0.4) is 0 Å². The van der Waals surface area contributed by atoms with Gasteiger partial charge < -0.3 is 10.4 Å². The average Bonchev–Trinajstić information content (AvgIpc) is 2.35. The lowest BCUT2D eigenvalue weighted by Crippen LogP contribution is -2.30. The average molecular weight is 254 g/mol. The molecule has 0 saturated heterocycles. The summed E-state index contributed by atoms with van der Waals surface area (Å²) >= 11 is 5.74. The highest BCUT2D eigenvalue weighted by molar-refractivity contribution is 6.30. The third-order valence-corrected chi connectivity index (χ3v) is 2.53. The van der Waals surface area contributed by atoms with E-state index < -0.39 is 6.10 Å². The molecule has 0 saturated carbocycles. The zero-order valence-electron chi connectivity index (χ0n) is 9.69. The summed E-state index contributed by atoms with van der Waals surface area (Å²) in [6.45, 7) is 2.14. The van der Waals surface area contributed by atoms with Crippen molar-refractivity contribution in [2.24, 2.45) is 0 Å². The molecule has 0 unspecified atom stereocenters. The van der Waals surface area contributed by atoms with Crippen molar-refractivity contribution in [3.63, 3.8) is 0 Å². The van der Waals surface area contributed by atoms with Gasteiger partial charge in [0.05, 0.1) is 6.10 Å². The van der Waals surface area contributed by atoms with Crippen molar-refractivity contribution in [3.8, 4) is 0 Å². The Morgan fingerprint density at radius 2 is 2.12 bits per heavy atom. The molecule has 1 aromatic carbocycles. The van der Waals surface area contributed by atoms with Crippen molar-refractivity contribution >= 4 is 23.6 Å². The molecule has 1 aromatic rings. The fraction of sp³-hybridized carbons (Fsp3) is 0.308. The van der Waals surface area contributed by atoms with Gasteiger partial charge in [-0.05, 0) is 30.2 Å². The summed E-state index contributed by atoms with van der Waals surface area (Å²) in [5.74, 6) is -0.215. The summed E-state index contributed by atoms with van der Waals surface area (Å²) in [6, 6.07) is 7.18. The van der Waals surface area contributed by atoms with Crippen LogP contribution in [0.25, 0.3) is 6.08 Å². The number of nitrogens with one attached hydrogen (secondary N) is 1. The topological polar surface area (TPSA) is 49.3 Å². The van der Waals surface area contributed by atoms with E-state index in [0.717, 1.165) is 5.56 Å². The van der Waals surface area contributed by atoms with Gasteiger partial charge in [-0.3, -0.25) is 4.79 Å². The molecule has 4 heteroatoms. The lowest BCUT2D eigenvalue weighted by atomic mass is 10.2. The van der Waals surface area contributed by atoms with Gasteiger partial charge in [0.25, 0.3) is 0 Å². The Morgan fingerprint density at radius 1 is 1.47 bits per heavy atom. The minimum Gasteiger partial charge on any atom is -0.391 e. The van der Waals surface area contributed by atoms with E-state index in [-0.39, 0.29) is 12.5 Å². The molecule has 1 amide bonds. The molecule has 0 radical (unpaired) electrons. The fourth-order valence-corrected chi connectivity index (χ4v) is 1.29. The molecule has 1 atom stereocenters.